The number of aliphatic carboxylic acids is 2. The summed E-state index contributed by atoms with van der Waals surface area (Å²) in [7, 11) is 0. The fourth-order valence-electron chi connectivity index (χ4n) is 4.39. The van der Waals surface area contributed by atoms with Gasteiger partial charge >= 0.3 is 11.9 Å². The summed E-state index contributed by atoms with van der Waals surface area (Å²) in [5.41, 5.74) is -0.504. The first kappa shape index (κ1) is 15.1. The van der Waals surface area contributed by atoms with Crippen molar-refractivity contribution < 1.29 is 19.8 Å². The predicted molar refractivity (Wildman–Crippen MR) is 75.4 cm³/mol. The van der Waals surface area contributed by atoms with Gasteiger partial charge in [0.25, 0.3) is 0 Å². The molecular formula is C16H24O4. The molecule has 4 heteroatoms. The topological polar surface area (TPSA) is 74.6 Å². The third-order valence-electron chi connectivity index (χ3n) is 5.27. The Bertz CT molecular complexity index is 477. The second kappa shape index (κ2) is 4.61. The molecule has 20 heavy (non-hydrogen) atoms. The van der Waals surface area contributed by atoms with Crippen molar-refractivity contribution in [1.29, 1.82) is 0 Å². The van der Waals surface area contributed by atoms with Crippen molar-refractivity contribution in [2.24, 2.45) is 16.2 Å². The number of hydrogen-bond donors (Lipinski definition) is 2. The molecule has 0 unspecified atom stereocenters. The summed E-state index contributed by atoms with van der Waals surface area (Å²) < 4.78 is 0. The van der Waals surface area contributed by atoms with E-state index in [0.29, 0.717) is 0 Å². The predicted octanol–water partition coefficient (Wildman–Crippen LogP) is 3.47. The molecule has 112 valence electrons. The van der Waals surface area contributed by atoms with Gasteiger partial charge in [-0.2, -0.15) is 0 Å². The third kappa shape index (κ3) is 2.36. The van der Waals surface area contributed by atoms with E-state index in [4.69, 9.17) is 0 Å². The van der Waals surface area contributed by atoms with Crippen LogP contribution in [0, 0.1) is 16.2 Å². The quantitative estimate of drug-likeness (QED) is 0.773. The average Bonchev–Trinajstić information content (AvgIpc) is 2.25. The van der Waals surface area contributed by atoms with E-state index in [2.05, 4.69) is 6.92 Å². The summed E-state index contributed by atoms with van der Waals surface area (Å²) in [6.45, 7) is 5.59. The Morgan fingerprint density at radius 3 is 2.50 bits per heavy atom. The summed E-state index contributed by atoms with van der Waals surface area (Å²) >= 11 is 0. The number of fused-ring (bicyclic) bond motifs is 2. The third-order valence-corrected chi connectivity index (χ3v) is 5.27. The number of carbonyl (C=O) groups is 2. The van der Waals surface area contributed by atoms with E-state index in [-0.39, 0.29) is 11.8 Å². The van der Waals surface area contributed by atoms with Gasteiger partial charge in [0.15, 0.2) is 0 Å². The van der Waals surface area contributed by atoms with E-state index in [1.165, 1.54) is 0 Å². The highest BCUT2D eigenvalue weighted by atomic mass is 16.4. The minimum absolute atomic E-state index is 0.0468. The Morgan fingerprint density at radius 1 is 1.30 bits per heavy atom. The van der Waals surface area contributed by atoms with Crippen LogP contribution in [0.5, 0.6) is 0 Å². The Hall–Kier alpha value is -1.32. The summed E-state index contributed by atoms with van der Waals surface area (Å²) in [5, 5.41) is 18.8. The second-order valence-electron chi connectivity index (χ2n) is 7.44. The molecule has 2 aliphatic carbocycles. The van der Waals surface area contributed by atoms with Gasteiger partial charge in [-0.15, -0.1) is 0 Å². The van der Waals surface area contributed by atoms with Gasteiger partial charge in [-0.1, -0.05) is 25.0 Å². The van der Waals surface area contributed by atoms with Gasteiger partial charge in [-0.3, -0.25) is 9.59 Å². The van der Waals surface area contributed by atoms with Gasteiger partial charge in [0.1, 0.15) is 0 Å². The fourth-order valence-corrected chi connectivity index (χ4v) is 4.39. The van der Waals surface area contributed by atoms with Crippen LogP contribution in [-0.2, 0) is 9.59 Å². The van der Waals surface area contributed by atoms with Crippen LogP contribution in [0.25, 0.3) is 0 Å². The van der Waals surface area contributed by atoms with E-state index in [0.717, 1.165) is 37.7 Å². The van der Waals surface area contributed by atoms with E-state index in [1.54, 1.807) is 13.8 Å². The minimum Gasteiger partial charge on any atom is -0.481 e. The van der Waals surface area contributed by atoms with Crippen LogP contribution in [0.15, 0.2) is 11.6 Å². The molecule has 0 radical (unpaired) electrons. The van der Waals surface area contributed by atoms with Crippen molar-refractivity contribution in [2.45, 2.75) is 59.3 Å². The summed E-state index contributed by atoms with van der Waals surface area (Å²) in [6.07, 6.45) is 6.61. The van der Waals surface area contributed by atoms with Gasteiger partial charge in [-0.05, 0) is 44.9 Å². The molecule has 0 spiro atoms. The van der Waals surface area contributed by atoms with Gasteiger partial charge in [0, 0.05) is 5.41 Å². The zero-order valence-electron chi connectivity index (χ0n) is 12.5. The fraction of sp³-hybridized carbons (Fsp3) is 0.750. The lowest BCUT2D eigenvalue weighted by atomic mass is 9.50. The number of carboxylic acids is 2. The Morgan fingerprint density at radius 2 is 1.95 bits per heavy atom. The van der Waals surface area contributed by atoms with Crippen molar-refractivity contribution in [1.82, 2.24) is 0 Å². The summed E-state index contributed by atoms with van der Waals surface area (Å²) in [5.74, 6) is -1.70. The Kier molecular flexibility index (Phi) is 3.47. The lowest BCUT2D eigenvalue weighted by molar-refractivity contribution is -0.148. The molecule has 0 aromatic rings. The van der Waals surface area contributed by atoms with Crippen molar-refractivity contribution >= 4 is 11.9 Å². The lowest BCUT2D eigenvalue weighted by Crippen LogP contribution is -2.46. The van der Waals surface area contributed by atoms with Crippen LogP contribution in [-0.4, -0.2) is 22.2 Å². The molecule has 2 atom stereocenters. The molecule has 0 amide bonds. The van der Waals surface area contributed by atoms with Gasteiger partial charge in [0.05, 0.1) is 11.8 Å². The molecule has 1 saturated carbocycles. The largest absolute Gasteiger partial charge is 0.481 e. The maximum Gasteiger partial charge on any atom is 0.313 e. The highest BCUT2D eigenvalue weighted by Gasteiger charge is 2.53. The SMILES string of the molecule is CC(C)(C(=O)O)C1=CC[C@@]2(C)CCC[C@]1(CC(=O)O)C2. The molecule has 0 heterocycles. The normalized spacial score (nSPS) is 33.5. The molecule has 2 N–H and O–H groups in total. The zero-order chi connectivity index (χ0) is 15.2. The zero-order valence-corrected chi connectivity index (χ0v) is 12.5. The molecule has 1 fully saturated rings. The van der Waals surface area contributed by atoms with E-state index < -0.39 is 22.8 Å². The Balaban J connectivity index is 2.50. The van der Waals surface area contributed by atoms with Crippen molar-refractivity contribution in [3.8, 4) is 0 Å². The van der Waals surface area contributed by atoms with Gasteiger partial charge in [0.2, 0.25) is 0 Å². The van der Waals surface area contributed by atoms with E-state index in [1.807, 2.05) is 6.08 Å². The molecule has 0 aliphatic heterocycles. The first-order chi connectivity index (χ1) is 9.11. The molecule has 0 aromatic heterocycles. The van der Waals surface area contributed by atoms with Crippen LogP contribution < -0.4 is 0 Å². The van der Waals surface area contributed by atoms with Crippen LogP contribution in [0.2, 0.25) is 0 Å². The molecular weight excluding hydrogens is 256 g/mol. The molecule has 2 aliphatic rings. The number of allylic oxidation sites excluding steroid dienone is 1. The van der Waals surface area contributed by atoms with Crippen molar-refractivity contribution in [3.05, 3.63) is 11.6 Å². The van der Waals surface area contributed by atoms with Crippen molar-refractivity contribution in [3.63, 3.8) is 0 Å². The number of hydrogen-bond acceptors (Lipinski definition) is 2. The second-order valence-corrected chi connectivity index (χ2v) is 7.44. The van der Waals surface area contributed by atoms with Gasteiger partial charge in [-0.25, -0.2) is 0 Å². The van der Waals surface area contributed by atoms with Gasteiger partial charge < -0.3 is 10.2 Å². The molecule has 0 saturated heterocycles. The number of rotatable bonds is 4. The molecule has 0 aromatic carbocycles. The summed E-state index contributed by atoms with van der Waals surface area (Å²) in [4.78, 5) is 22.9. The van der Waals surface area contributed by atoms with Crippen LogP contribution >= 0.6 is 0 Å². The van der Waals surface area contributed by atoms with Crippen LogP contribution in [0.3, 0.4) is 0 Å². The highest BCUT2D eigenvalue weighted by Crippen LogP contribution is 2.60. The van der Waals surface area contributed by atoms with E-state index >= 15 is 0 Å². The number of carboxylic acid groups (broad SMARTS) is 2. The average molecular weight is 280 g/mol. The maximum atomic E-state index is 11.6. The first-order valence-corrected chi connectivity index (χ1v) is 7.28. The monoisotopic (exact) mass is 280 g/mol. The molecule has 2 rings (SSSR count). The van der Waals surface area contributed by atoms with Crippen LogP contribution in [0.4, 0.5) is 0 Å². The smallest absolute Gasteiger partial charge is 0.313 e. The minimum atomic E-state index is -0.992. The lowest BCUT2D eigenvalue weighted by Gasteiger charge is -2.53. The Labute approximate surface area is 119 Å². The van der Waals surface area contributed by atoms with Crippen LogP contribution in [0.1, 0.15) is 59.3 Å². The standard InChI is InChI=1S/C16H24O4/c1-14(2,13(19)20)11-5-8-15(3)6-4-7-16(11,10-15)9-12(17)18/h5H,4,6-10H2,1-3H3,(H,17,18)(H,19,20)/t15-,16+/m1/s1. The van der Waals surface area contributed by atoms with E-state index in [9.17, 15) is 19.8 Å². The molecule has 2 bridgehead atoms. The van der Waals surface area contributed by atoms with Crippen molar-refractivity contribution in [2.75, 3.05) is 0 Å². The maximum absolute atomic E-state index is 11.6. The molecule has 4 nitrogen and oxygen atoms in total. The first-order valence-electron chi connectivity index (χ1n) is 7.28. The highest BCUT2D eigenvalue weighted by molar-refractivity contribution is 5.79. The summed E-state index contributed by atoms with van der Waals surface area (Å²) in [6, 6.07) is 0.